The van der Waals surface area contributed by atoms with Crippen molar-refractivity contribution in [3.63, 3.8) is 0 Å². The molecule has 1 heterocycles. The number of aromatic amines is 1. The van der Waals surface area contributed by atoms with Crippen LogP contribution in [0.5, 0.6) is 5.75 Å². The Hall–Kier alpha value is -2.80. The quantitative estimate of drug-likeness (QED) is 0.726. The number of benzene rings is 2. The minimum absolute atomic E-state index is 0.0159. The van der Waals surface area contributed by atoms with E-state index in [-0.39, 0.29) is 11.5 Å². The van der Waals surface area contributed by atoms with Gasteiger partial charge < -0.3 is 9.72 Å². The molecule has 0 spiro atoms. The summed E-state index contributed by atoms with van der Waals surface area (Å²) in [6, 6.07) is 10.4. The highest BCUT2D eigenvalue weighted by molar-refractivity contribution is 7.07. The van der Waals surface area contributed by atoms with Gasteiger partial charge in [0.25, 0.3) is 5.56 Å². The Morgan fingerprint density at radius 3 is 2.57 bits per heavy atom. The highest BCUT2D eigenvalue weighted by atomic mass is 32.1. The molecule has 0 radical (unpaired) electrons. The predicted molar refractivity (Wildman–Crippen MR) is 107 cm³/mol. The van der Waals surface area contributed by atoms with Crippen LogP contribution >= 0.6 is 11.3 Å². The van der Waals surface area contributed by atoms with E-state index < -0.39 is 17.6 Å². The van der Waals surface area contributed by atoms with E-state index in [1.807, 2.05) is 12.1 Å². The van der Waals surface area contributed by atoms with Crippen molar-refractivity contribution in [2.75, 3.05) is 0 Å². The number of ether oxygens (including phenoxy) is 1. The molecule has 3 aromatic rings. The van der Waals surface area contributed by atoms with Crippen LogP contribution in [0.2, 0.25) is 0 Å². The van der Waals surface area contributed by atoms with Gasteiger partial charge in [-0.2, -0.15) is 8.78 Å². The van der Waals surface area contributed by atoms with Gasteiger partial charge in [0.05, 0.1) is 9.20 Å². The van der Waals surface area contributed by atoms with Crippen molar-refractivity contribution in [1.29, 1.82) is 0 Å². The van der Waals surface area contributed by atoms with Gasteiger partial charge in [0.15, 0.2) is 5.78 Å². The zero-order valence-corrected chi connectivity index (χ0v) is 16.4. The van der Waals surface area contributed by atoms with Gasteiger partial charge in [-0.3, -0.25) is 9.59 Å². The number of aromatic nitrogens is 1. The van der Waals surface area contributed by atoms with Crippen molar-refractivity contribution in [1.82, 2.24) is 4.98 Å². The molecule has 0 saturated heterocycles. The number of rotatable bonds is 4. The Balaban J connectivity index is 2.21. The fraction of sp³-hybridized carbons (Fsp3) is 0.238. The van der Waals surface area contributed by atoms with Crippen LogP contribution in [0.1, 0.15) is 26.3 Å². The first-order chi connectivity index (χ1) is 13.1. The van der Waals surface area contributed by atoms with E-state index in [4.69, 9.17) is 0 Å². The Morgan fingerprint density at radius 1 is 1.18 bits per heavy atom. The van der Waals surface area contributed by atoms with Crippen molar-refractivity contribution in [3.8, 4) is 5.75 Å². The third-order valence-corrected chi connectivity index (χ3v) is 5.07. The maximum atomic E-state index is 12.8. The third-order valence-electron chi connectivity index (χ3n) is 4.10. The molecule has 0 unspecified atom stereocenters. The van der Waals surface area contributed by atoms with E-state index in [9.17, 15) is 18.4 Å². The van der Waals surface area contributed by atoms with Gasteiger partial charge in [0.2, 0.25) is 0 Å². The summed E-state index contributed by atoms with van der Waals surface area (Å²) in [5.74, 6) is -0.138. The molecule has 1 aromatic heterocycles. The normalized spacial score (nSPS) is 13.5. The number of carbonyl (C=O) groups is 1. The maximum Gasteiger partial charge on any atom is 0.387 e. The van der Waals surface area contributed by atoms with E-state index in [2.05, 4.69) is 9.72 Å². The van der Waals surface area contributed by atoms with Gasteiger partial charge in [-0.1, -0.05) is 51.1 Å². The largest absolute Gasteiger partial charge is 0.434 e. The molecule has 0 fully saturated rings. The van der Waals surface area contributed by atoms with E-state index in [1.165, 1.54) is 18.2 Å². The summed E-state index contributed by atoms with van der Waals surface area (Å²) in [6.07, 6.45) is 2.91. The summed E-state index contributed by atoms with van der Waals surface area (Å²) in [5.41, 5.74) is -0.577. The number of alkyl halides is 2. The van der Waals surface area contributed by atoms with Gasteiger partial charge in [-0.05, 0) is 22.9 Å². The van der Waals surface area contributed by atoms with E-state index in [1.54, 1.807) is 39.0 Å². The standard InChI is InChI=1S/C21H19F2NO3S/c1-21(2,3)17(25)11-18-24-19(26)16(28-18)10-14-13-7-5-4-6-12(13)8-9-15(14)27-20(22)23/h4-11,20H,1-3H3,(H,24,26)/b16-10+,18-11+. The molecule has 1 N–H and O–H groups in total. The minimum atomic E-state index is -2.98. The number of halogens is 2. The van der Waals surface area contributed by atoms with Crippen molar-refractivity contribution < 1.29 is 18.3 Å². The molecule has 0 atom stereocenters. The molecule has 0 aliphatic heterocycles. The predicted octanol–water partition coefficient (Wildman–Crippen LogP) is 3.42. The molecule has 28 heavy (non-hydrogen) atoms. The molecular weight excluding hydrogens is 384 g/mol. The molecule has 0 aliphatic carbocycles. The zero-order chi connectivity index (χ0) is 20.5. The lowest BCUT2D eigenvalue weighted by Gasteiger charge is -2.12. The number of fused-ring (bicyclic) bond motifs is 1. The molecule has 0 amide bonds. The highest BCUT2D eigenvalue weighted by Crippen LogP contribution is 2.29. The molecular formula is C21H19F2NO3S. The monoisotopic (exact) mass is 403 g/mol. The lowest BCUT2D eigenvalue weighted by Crippen LogP contribution is -2.22. The van der Waals surface area contributed by atoms with Crippen LogP contribution in [0.4, 0.5) is 8.78 Å². The van der Waals surface area contributed by atoms with Crippen molar-refractivity contribution in [2.45, 2.75) is 27.4 Å². The highest BCUT2D eigenvalue weighted by Gasteiger charge is 2.18. The van der Waals surface area contributed by atoms with Crippen LogP contribution in [-0.2, 0) is 4.79 Å². The van der Waals surface area contributed by atoms with E-state index >= 15 is 0 Å². The van der Waals surface area contributed by atoms with Gasteiger partial charge in [-0.25, -0.2) is 0 Å². The number of carbonyl (C=O) groups excluding carboxylic acids is 1. The van der Waals surface area contributed by atoms with Gasteiger partial charge >= 0.3 is 6.61 Å². The Bertz CT molecular complexity index is 1200. The van der Waals surface area contributed by atoms with Crippen LogP contribution in [0.3, 0.4) is 0 Å². The second-order valence-corrected chi connectivity index (χ2v) is 8.35. The number of thiazole rings is 1. The average molecular weight is 403 g/mol. The number of hydrogen-bond acceptors (Lipinski definition) is 4. The SMILES string of the molecule is CC(C)(C)C(=O)/C=c1\[nH]c(=O)/c(=C\c2c(OC(F)F)ccc3ccccc23)s1. The second-order valence-electron chi connectivity index (χ2n) is 7.26. The van der Waals surface area contributed by atoms with Gasteiger partial charge in [-0.15, -0.1) is 11.3 Å². The summed E-state index contributed by atoms with van der Waals surface area (Å²) >= 11 is 1.09. The Labute approximate surface area is 163 Å². The zero-order valence-electron chi connectivity index (χ0n) is 15.6. The van der Waals surface area contributed by atoms with E-state index in [0.717, 1.165) is 16.7 Å². The van der Waals surface area contributed by atoms with Gasteiger partial charge in [0, 0.05) is 17.1 Å². The number of nitrogens with one attached hydrogen (secondary N) is 1. The molecule has 0 bridgehead atoms. The topological polar surface area (TPSA) is 59.2 Å². The molecule has 4 nitrogen and oxygen atoms in total. The van der Waals surface area contributed by atoms with Gasteiger partial charge in [0.1, 0.15) is 5.75 Å². The number of H-pyrrole nitrogens is 1. The Morgan fingerprint density at radius 2 is 1.89 bits per heavy atom. The Kier molecular flexibility index (Phi) is 5.47. The lowest BCUT2D eigenvalue weighted by atomic mass is 9.91. The molecule has 146 valence electrons. The first-order valence-corrected chi connectivity index (χ1v) is 9.40. The molecule has 7 heteroatoms. The van der Waals surface area contributed by atoms with E-state index in [0.29, 0.717) is 20.1 Å². The third kappa shape index (κ3) is 4.36. The summed E-state index contributed by atoms with van der Waals surface area (Å²) in [6.45, 7) is 2.38. The second kappa shape index (κ2) is 7.67. The van der Waals surface area contributed by atoms with Crippen molar-refractivity contribution >= 4 is 40.0 Å². The van der Waals surface area contributed by atoms with Crippen molar-refractivity contribution in [3.05, 3.63) is 61.5 Å². The molecule has 0 saturated carbocycles. The fourth-order valence-electron chi connectivity index (χ4n) is 2.61. The summed E-state index contributed by atoms with van der Waals surface area (Å²) in [5, 5.41) is 1.52. The van der Waals surface area contributed by atoms with Crippen LogP contribution in [-0.4, -0.2) is 17.4 Å². The average Bonchev–Trinajstić information content (AvgIpc) is 2.95. The van der Waals surface area contributed by atoms with Crippen LogP contribution in [0.15, 0.2) is 41.2 Å². The fourth-order valence-corrected chi connectivity index (χ4v) is 3.48. The van der Waals surface area contributed by atoms with Crippen LogP contribution in [0, 0.1) is 5.41 Å². The summed E-state index contributed by atoms with van der Waals surface area (Å²) in [7, 11) is 0. The first kappa shape index (κ1) is 19.9. The van der Waals surface area contributed by atoms with Crippen LogP contribution in [0.25, 0.3) is 22.9 Å². The number of ketones is 1. The van der Waals surface area contributed by atoms with Crippen LogP contribution < -0.4 is 19.5 Å². The smallest absolute Gasteiger partial charge is 0.387 e. The number of Topliss-reactive ketones (excluding diaryl/α,β-unsaturated/α-hetero) is 1. The molecule has 2 aromatic carbocycles. The number of hydrogen-bond donors (Lipinski definition) is 1. The molecule has 0 aliphatic rings. The summed E-state index contributed by atoms with van der Waals surface area (Å²) < 4.78 is 31.0. The molecule has 3 rings (SSSR count). The van der Waals surface area contributed by atoms with Crippen molar-refractivity contribution in [2.24, 2.45) is 5.41 Å². The maximum absolute atomic E-state index is 12.8. The first-order valence-electron chi connectivity index (χ1n) is 8.59. The minimum Gasteiger partial charge on any atom is -0.434 e. The lowest BCUT2D eigenvalue weighted by molar-refractivity contribution is -0.120. The summed E-state index contributed by atoms with van der Waals surface area (Å²) in [4.78, 5) is 27.2.